The molecule has 0 unspecified atom stereocenters. The molecular weight excluding hydrogens is 243 g/mol. The lowest BCUT2D eigenvalue weighted by molar-refractivity contribution is 0.0999. The number of benzene rings is 2. The van der Waals surface area contributed by atoms with Crippen LogP contribution in [0.1, 0.15) is 21.5 Å². The molecule has 2 aromatic carbocycles. The normalized spacial score (nSPS) is 10.2. The SMILES string of the molecule is Cc1ccc(NCc2ccccc2C(N)=O)cc1F. The number of primary amides is 1. The molecule has 0 heterocycles. The number of nitrogens with two attached hydrogens (primary N) is 1. The van der Waals surface area contributed by atoms with Gasteiger partial charge in [-0.15, -0.1) is 0 Å². The fourth-order valence-electron chi connectivity index (χ4n) is 1.81. The third-order valence-corrected chi connectivity index (χ3v) is 2.94. The molecule has 4 heteroatoms. The van der Waals surface area contributed by atoms with Crippen LogP contribution in [0.2, 0.25) is 0 Å². The molecule has 0 atom stereocenters. The molecule has 98 valence electrons. The van der Waals surface area contributed by atoms with E-state index in [1.54, 1.807) is 31.2 Å². The van der Waals surface area contributed by atoms with E-state index in [0.717, 1.165) is 5.56 Å². The third-order valence-electron chi connectivity index (χ3n) is 2.94. The molecule has 3 N–H and O–H groups in total. The summed E-state index contributed by atoms with van der Waals surface area (Å²) in [5.41, 5.74) is 7.83. The number of aryl methyl sites for hydroxylation is 1. The van der Waals surface area contributed by atoms with Gasteiger partial charge in [0.1, 0.15) is 5.82 Å². The second-order valence-corrected chi connectivity index (χ2v) is 4.34. The van der Waals surface area contributed by atoms with E-state index in [9.17, 15) is 9.18 Å². The van der Waals surface area contributed by atoms with Gasteiger partial charge in [-0.2, -0.15) is 0 Å². The number of halogens is 1. The minimum absolute atomic E-state index is 0.256. The standard InChI is InChI=1S/C15H15FN2O/c1-10-6-7-12(8-14(10)16)18-9-11-4-2-3-5-13(11)15(17)19/h2-8,18H,9H2,1H3,(H2,17,19). The zero-order valence-electron chi connectivity index (χ0n) is 10.6. The molecule has 0 aliphatic rings. The van der Waals surface area contributed by atoms with Crippen LogP contribution < -0.4 is 11.1 Å². The summed E-state index contributed by atoms with van der Waals surface area (Å²) in [6.07, 6.45) is 0. The van der Waals surface area contributed by atoms with Crippen LogP contribution in [0, 0.1) is 12.7 Å². The lowest BCUT2D eigenvalue weighted by Gasteiger charge is -2.10. The van der Waals surface area contributed by atoms with Crippen molar-refractivity contribution in [1.29, 1.82) is 0 Å². The van der Waals surface area contributed by atoms with Gasteiger partial charge in [-0.05, 0) is 36.2 Å². The number of nitrogens with one attached hydrogen (secondary N) is 1. The number of anilines is 1. The summed E-state index contributed by atoms with van der Waals surface area (Å²) in [5, 5.41) is 3.08. The lowest BCUT2D eigenvalue weighted by atomic mass is 10.1. The predicted molar refractivity (Wildman–Crippen MR) is 73.4 cm³/mol. The van der Waals surface area contributed by atoms with Crippen LogP contribution in [0.3, 0.4) is 0 Å². The van der Waals surface area contributed by atoms with Gasteiger partial charge in [0.15, 0.2) is 0 Å². The van der Waals surface area contributed by atoms with Gasteiger partial charge in [-0.25, -0.2) is 4.39 Å². The van der Waals surface area contributed by atoms with Crippen molar-refractivity contribution in [1.82, 2.24) is 0 Å². The summed E-state index contributed by atoms with van der Waals surface area (Å²) in [5.74, 6) is -0.722. The van der Waals surface area contributed by atoms with Crippen LogP contribution in [-0.2, 0) is 6.54 Å². The zero-order valence-corrected chi connectivity index (χ0v) is 10.6. The maximum atomic E-state index is 13.4. The van der Waals surface area contributed by atoms with Crippen LogP contribution in [0.25, 0.3) is 0 Å². The van der Waals surface area contributed by atoms with Crippen molar-refractivity contribution in [3.63, 3.8) is 0 Å². The number of carbonyl (C=O) groups excluding carboxylic acids is 1. The van der Waals surface area contributed by atoms with Crippen molar-refractivity contribution < 1.29 is 9.18 Å². The Labute approximate surface area is 111 Å². The number of rotatable bonds is 4. The Morgan fingerprint density at radius 1 is 1.26 bits per heavy atom. The van der Waals surface area contributed by atoms with E-state index in [2.05, 4.69) is 5.32 Å². The molecule has 0 spiro atoms. The van der Waals surface area contributed by atoms with Gasteiger partial charge < -0.3 is 11.1 Å². The number of carbonyl (C=O) groups is 1. The Bertz CT molecular complexity index is 611. The summed E-state index contributed by atoms with van der Waals surface area (Å²) < 4.78 is 13.4. The van der Waals surface area contributed by atoms with E-state index < -0.39 is 5.91 Å². The van der Waals surface area contributed by atoms with Crippen molar-refractivity contribution in [3.05, 3.63) is 65.0 Å². The molecule has 2 aromatic rings. The Hall–Kier alpha value is -2.36. The predicted octanol–water partition coefficient (Wildman–Crippen LogP) is 2.85. The van der Waals surface area contributed by atoms with E-state index >= 15 is 0 Å². The molecule has 0 radical (unpaired) electrons. The first-order valence-corrected chi connectivity index (χ1v) is 5.95. The number of hydrogen-bond acceptors (Lipinski definition) is 2. The molecule has 0 aliphatic heterocycles. The molecular formula is C15H15FN2O. The van der Waals surface area contributed by atoms with E-state index in [4.69, 9.17) is 5.73 Å². The molecule has 0 saturated heterocycles. The summed E-state index contributed by atoms with van der Waals surface area (Å²) in [4.78, 5) is 11.3. The third kappa shape index (κ3) is 3.10. The van der Waals surface area contributed by atoms with Gasteiger partial charge in [-0.3, -0.25) is 4.79 Å². The molecule has 19 heavy (non-hydrogen) atoms. The van der Waals surface area contributed by atoms with Crippen molar-refractivity contribution >= 4 is 11.6 Å². The van der Waals surface area contributed by atoms with Gasteiger partial charge in [-0.1, -0.05) is 24.3 Å². The first-order chi connectivity index (χ1) is 9.08. The zero-order chi connectivity index (χ0) is 13.8. The highest BCUT2D eigenvalue weighted by Gasteiger charge is 2.07. The monoisotopic (exact) mass is 258 g/mol. The van der Waals surface area contributed by atoms with Gasteiger partial charge in [0.05, 0.1) is 0 Å². The quantitative estimate of drug-likeness (QED) is 0.886. The highest BCUT2D eigenvalue weighted by atomic mass is 19.1. The molecule has 0 saturated carbocycles. The second-order valence-electron chi connectivity index (χ2n) is 4.34. The average molecular weight is 258 g/mol. The summed E-state index contributed by atoms with van der Waals surface area (Å²) in [6.45, 7) is 2.13. The number of amides is 1. The van der Waals surface area contributed by atoms with E-state index in [-0.39, 0.29) is 5.82 Å². The van der Waals surface area contributed by atoms with E-state index in [1.807, 2.05) is 12.1 Å². The minimum Gasteiger partial charge on any atom is -0.381 e. The van der Waals surface area contributed by atoms with Gasteiger partial charge >= 0.3 is 0 Å². The van der Waals surface area contributed by atoms with Crippen molar-refractivity contribution in [2.75, 3.05) is 5.32 Å². The molecule has 0 aromatic heterocycles. The Morgan fingerprint density at radius 3 is 2.68 bits per heavy atom. The Balaban J connectivity index is 2.14. The summed E-state index contributed by atoms with van der Waals surface area (Å²) in [6, 6.07) is 12.0. The highest BCUT2D eigenvalue weighted by Crippen LogP contribution is 2.16. The minimum atomic E-state index is -0.465. The molecule has 0 aliphatic carbocycles. The first-order valence-electron chi connectivity index (χ1n) is 5.95. The Kier molecular flexibility index (Phi) is 3.80. The number of hydrogen-bond donors (Lipinski definition) is 2. The summed E-state index contributed by atoms with van der Waals surface area (Å²) in [7, 11) is 0. The maximum Gasteiger partial charge on any atom is 0.249 e. The van der Waals surface area contributed by atoms with Crippen molar-refractivity contribution in [3.8, 4) is 0 Å². The summed E-state index contributed by atoms with van der Waals surface area (Å²) >= 11 is 0. The van der Waals surface area contributed by atoms with Crippen LogP contribution in [0.15, 0.2) is 42.5 Å². The van der Waals surface area contributed by atoms with Crippen LogP contribution in [-0.4, -0.2) is 5.91 Å². The molecule has 2 rings (SSSR count). The van der Waals surface area contributed by atoms with Gasteiger partial charge in [0.25, 0.3) is 0 Å². The lowest BCUT2D eigenvalue weighted by Crippen LogP contribution is -2.15. The second kappa shape index (κ2) is 5.52. The average Bonchev–Trinajstić information content (AvgIpc) is 2.40. The van der Waals surface area contributed by atoms with Crippen LogP contribution >= 0.6 is 0 Å². The first kappa shape index (κ1) is 13.1. The topological polar surface area (TPSA) is 55.1 Å². The maximum absolute atomic E-state index is 13.4. The molecule has 1 amide bonds. The van der Waals surface area contributed by atoms with Crippen molar-refractivity contribution in [2.24, 2.45) is 5.73 Å². The Morgan fingerprint density at radius 2 is 2.00 bits per heavy atom. The van der Waals surface area contributed by atoms with Crippen molar-refractivity contribution in [2.45, 2.75) is 13.5 Å². The largest absolute Gasteiger partial charge is 0.381 e. The smallest absolute Gasteiger partial charge is 0.249 e. The van der Waals surface area contributed by atoms with E-state index in [1.165, 1.54) is 6.07 Å². The van der Waals surface area contributed by atoms with Crippen LogP contribution in [0.4, 0.5) is 10.1 Å². The van der Waals surface area contributed by atoms with E-state index in [0.29, 0.717) is 23.4 Å². The molecule has 0 bridgehead atoms. The van der Waals surface area contributed by atoms with Crippen LogP contribution in [0.5, 0.6) is 0 Å². The molecule has 0 fully saturated rings. The van der Waals surface area contributed by atoms with Gasteiger partial charge in [0, 0.05) is 17.8 Å². The highest BCUT2D eigenvalue weighted by molar-refractivity contribution is 5.94. The fourth-order valence-corrected chi connectivity index (χ4v) is 1.81. The van der Waals surface area contributed by atoms with Gasteiger partial charge in [0.2, 0.25) is 5.91 Å². The molecule has 3 nitrogen and oxygen atoms in total. The fraction of sp³-hybridized carbons (Fsp3) is 0.133.